The quantitative estimate of drug-likeness (QED) is 0.863. The SMILES string of the molecule is CCCC(CCC)C(O)c1ccc(F)c2cncn12. The molecule has 19 heavy (non-hydrogen) atoms. The minimum absolute atomic E-state index is 0.214. The molecule has 0 spiro atoms. The molecule has 2 rings (SSSR count). The molecule has 104 valence electrons. The van der Waals surface area contributed by atoms with Gasteiger partial charge in [-0.25, -0.2) is 9.37 Å². The third kappa shape index (κ3) is 2.78. The van der Waals surface area contributed by atoms with Gasteiger partial charge in [-0.15, -0.1) is 0 Å². The topological polar surface area (TPSA) is 37.5 Å². The van der Waals surface area contributed by atoms with Gasteiger partial charge in [0.25, 0.3) is 0 Å². The van der Waals surface area contributed by atoms with E-state index in [1.165, 1.54) is 12.3 Å². The second-order valence-electron chi connectivity index (χ2n) is 5.04. The molecule has 2 heterocycles. The first-order valence-corrected chi connectivity index (χ1v) is 6.97. The molecular formula is C15H21FN2O. The van der Waals surface area contributed by atoms with Crippen LogP contribution in [0.4, 0.5) is 4.39 Å². The molecule has 0 saturated heterocycles. The number of hydrogen-bond acceptors (Lipinski definition) is 2. The van der Waals surface area contributed by atoms with Crippen LogP contribution in [0.3, 0.4) is 0 Å². The van der Waals surface area contributed by atoms with Gasteiger partial charge >= 0.3 is 0 Å². The number of pyridine rings is 1. The average molecular weight is 264 g/mol. The van der Waals surface area contributed by atoms with E-state index >= 15 is 0 Å². The normalized spacial score (nSPS) is 13.3. The summed E-state index contributed by atoms with van der Waals surface area (Å²) in [5.41, 5.74) is 1.14. The predicted molar refractivity (Wildman–Crippen MR) is 73.4 cm³/mol. The van der Waals surface area contributed by atoms with Crippen LogP contribution in [0.5, 0.6) is 0 Å². The van der Waals surface area contributed by atoms with Crippen LogP contribution in [-0.4, -0.2) is 14.5 Å². The second-order valence-corrected chi connectivity index (χ2v) is 5.04. The Kier molecular flexibility index (Phi) is 4.53. The van der Waals surface area contributed by atoms with E-state index in [0.29, 0.717) is 5.52 Å². The van der Waals surface area contributed by atoms with E-state index in [1.54, 1.807) is 16.8 Å². The number of nitrogens with zero attached hydrogens (tertiary/aromatic N) is 2. The van der Waals surface area contributed by atoms with Crippen LogP contribution in [-0.2, 0) is 0 Å². The van der Waals surface area contributed by atoms with Crippen LogP contribution in [0, 0.1) is 11.7 Å². The van der Waals surface area contributed by atoms with Crippen LogP contribution < -0.4 is 0 Å². The molecule has 0 fully saturated rings. The van der Waals surface area contributed by atoms with Gasteiger partial charge in [-0.1, -0.05) is 26.7 Å². The monoisotopic (exact) mass is 264 g/mol. The summed E-state index contributed by atoms with van der Waals surface area (Å²) in [6.45, 7) is 4.24. The Labute approximate surface area is 113 Å². The van der Waals surface area contributed by atoms with Gasteiger partial charge in [-0.05, 0) is 30.9 Å². The van der Waals surface area contributed by atoms with Crippen molar-refractivity contribution < 1.29 is 9.50 Å². The van der Waals surface area contributed by atoms with Crippen molar-refractivity contribution in [1.82, 2.24) is 9.38 Å². The highest BCUT2D eigenvalue weighted by Crippen LogP contribution is 2.30. The highest BCUT2D eigenvalue weighted by atomic mass is 19.1. The van der Waals surface area contributed by atoms with Gasteiger partial charge in [-0.2, -0.15) is 0 Å². The lowest BCUT2D eigenvalue weighted by Crippen LogP contribution is -2.15. The molecule has 2 aromatic heterocycles. The van der Waals surface area contributed by atoms with Crippen LogP contribution in [0.15, 0.2) is 24.7 Å². The van der Waals surface area contributed by atoms with Crippen LogP contribution in [0.1, 0.15) is 51.3 Å². The van der Waals surface area contributed by atoms with E-state index in [-0.39, 0.29) is 11.7 Å². The fourth-order valence-electron chi connectivity index (χ4n) is 2.69. The van der Waals surface area contributed by atoms with E-state index in [4.69, 9.17) is 0 Å². The molecule has 0 radical (unpaired) electrons. The lowest BCUT2D eigenvalue weighted by atomic mass is 9.90. The molecule has 0 amide bonds. The molecule has 4 heteroatoms. The van der Waals surface area contributed by atoms with Crippen molar-refractivity contribution in [3.63, 3.8) is 0 Å². The van der Waals surface area contributed by atoms with Gasteiger partial charge < -0.3 is 5.11 Å². The van der Waals surface area contributed by atoms with Gasteiger partial charge in [0.1, 0.15) is 11.3 Å². The molecule has 0 aliphatic heterocycles. The Morgan fingerprint density at radius 1 is 1.26 bits per heavy atom. The summed E-state index contributed by atoms with van der Waals surface area (Å²) in [6, 6.07) is 3.07. The molecule has 2 aromatic rings. The summed E-state index contributed by atoms with van der Waals surface area (Å²) >= 11 is 0. The zero-order chi connectivity index (χ0) is 13.8. The zero-order valence-corrected chi connectivity index (χ0v) is 11.5. The number of aliphatic hydroxyl groups excluding tert-OH is 1. The maximum Gasteiger partial charge on any atom is 0.148 e. The van der Waals surface area contributed by atoms with E-state index in [2.05, 4.69) is 18.8 Å². The van der Waals surface area contributed by atoms with Gasteiger partial charge in [0.15, 0.2) is 0 Å². The standard InChI is InChI=1S/C15H21FN2O/c1-3-5-11(6-4-2)15(19)13-8-7-12(16)14-9-17-10-18(13)14/h7-11,15,19H,3-6H2,1-2H3. The van der Waals surface area contributed by atoms with Crippen molar-refractivity contribution in [2.45, 2.75) is 45.6 Å². The number of hydrogen-bond donors (Lipinski definition) is 1. The summed E-state index contributed by atoms with van der Waals surface area (Å²) in [4.78, 5) is 3.97. The first-order valence-electron chi connectivity index (χ1n) is 6.97. The van der Waals surface area contributed by atoms with E-state index in [9.17, 15) is 9.50 Å². The number of imidazole rings is 1. The van der Waals surface area contributed by atoms with Gasteiger partial charge in [0.05, 0.1) is 24.3 Å². The molecule has 0 saturated carbocycles. The zero-order valence-electron chi connectivity index (χ0n) is 11.5. The summed E-state index contributed by atoms with van der Waals surface area (Å²) in [5, 5.41) is 10.6. The lowest BCUT2D eigenvalue weighted by Gasteiger charge is -2.23. The van der Waals surface area contributed by atoms with Crippen molar-refractivity contribution in [1.29, 1.82) is 0 Å². The largest absolute Gasteiger partial charge is 0.387 e. The van der Waals surface area contributed by atoms with E-state index < -0.39 is 6.10 Å². The first-order chi connectivity index (χ1) is 9.19. The molecule has 1 unspecified atom stereocenters. The molecule has 1 N–H and O–H groups in total. The molecule has 0 aromatic carbocycles. The van der Waals surface area contributed by atoms with E-state index in [0.717, 1.165) is 31.4 Å². The maximum absolute atomic E-state index is 13.6. The number of aromatic nitrogens is 2. The second kappa shape index (κ2) is 6.15. The first kappa shape index (κ1) is 14.0. The van der Waals surface area contributed by atoms with Crippen LogP contribution >= 0.6 is 0 Å². The van der Waals surface area contributed by atoms with E-state index in [1.807, 2.05) is 0 Å². The molecule has 0 aliphatic rings. The van der Waals surface area contributed by atoms with Crippen molar-refractivity contribution in [2.75, 3.05) is 0 Å². The minimum Gasteiger partial charge on any atom is -0.387 e. The Hall–Kier alpha value is -1.42. The van der Waals surface area contributed by atoms with Crippen LogP contribution in [0.25, 0.3) is 5.52 Å². The summed E-state index contributed by atoms with van der Waals surface area (Å²) in [6.07, 6.45) is 6.50. The summed E-state index contributed by atoms with van der Waals surface area (Å²) in [5.74, 6) is -0.0953. The van der Waals surface area contributed by atoms with Gasteiger partial charge in [-0.3, -0.25) is 4.40 Å². The molecule has 0 bridgehead atoms. The fraction of sp³-hybridized carbons (Fsp3) is 0.533. The third-order valence-electron chi connectivity index (χ3n) is 3.63. The molecule has 3 nitrogen and oxygen atoms in total. The Bertz CT molecular complexity index is 532. The highest BCUT2D eigenvalue weighted by Gasteiger charge is 2.22. The van der Waals surface area contributed by atoms with Gasteiger partial charge in [0.2, 0.25) is 0 Å². The number of halogens is 1. The van der Waals surface area contributed by atoms with Crippen molar-refractivity contribution in [3.8, 4) is 0 Å². The summed E-state index contributed by atoms with van der Waals surface area (Å²) in [7, 11) is 0. The number of aliphatic hydroxyl groups is 1. The Morgan fingerprint density at radius 3 is 2.58 bits per heavy atom. The molecule has 0 aliphatic carbocycles. The van der Waals surface area contributed by atoms with Crippen LogP contribution in [0.2, 0.25) is 0 Å². The predicted octanol–water partition coefficient (Wildman–Crippen LogP) is 3.72. The van der Waals surface area contributed by atoms with Crippen molar-refractivity contribution in [2.24, 2.45) is 5.92 Å². The highest BCUT2D eigenvalue weighted by molar-refractivity contribution is 5.47. The molecule has 1 atom stereocenters. The number of rotatable bonds is 6. The smallest absolute Gasteiger partial charge is 0.148 e. The lowest BCUT2D eigenvalue weighted by molar-refractivity contribution is 0.0913. The fourth-order valence-corrected chi connectivity index (χ4v) is 2.69. The van der Waals surface area contributed by atoms with Crippen molar-refractivity contribution in [3.05, 3.63) is 36.2 Å². The third-order valence-corrected chi connectivity index (χ3v) is 3.63. The minimum atomic E-state index is -0.572. The Balaban J connectivity index is 2.36. The molecular weight excluding hydrogens is 243 g/mol. The average Bonchev–Trinajstić information content (AvgIpc) is 2.88. The van der Waals surface area contributed by atoms with Gasteiger partial charge in [0, 0.05) is 0 Å². The number of fused-ring (bicyclic) bond motifs is 1. The maximum atomic E-state index is 13.6. The summed E-state index contributed by atoms with van der Waals surface area (Å²) < 4.78 is 15.3. The Morgan fingerprint density at radius 2 is 1.95 bits per heavy atom. The van der Waals surface area contributed by atoms with Crippen molar-refractivity contribution >= 4 is 5.52 Å².